The Kier molecular flexibility index (Phi) is 7.01. The minimum atomic E-state index is -0.571. The van der Waals surface area contributed by atoms with E-state index < -0.39 is 4.92 Å². The third-order valence-electron chi connectivity index (χ3n) is 4.14. The average Bonchev–Trinajstić information content (AvgIpc) is 2.61. The van der Waals surface area contributed by atoms with Crippen LogP contribution in [0.3, 0.4) is 0 Å². The first-order valence-electron chi connectivity index (χ1n) is 8.00. The lowest BCUT2D eigenvalue weighted by Crippen LogP contribution is -2.32. The Morgan fingerprint density at radius 3 is 2.59 bits per heavy atom. The summed E-state index contributed by atoms with van der Waals surface area (Å²) in [7, 11) is 3.17. The van der Waals surface area contributed by atoms with Gasteiger partial charge in [-0.1, -0.05) is 29.3 Å². The number of halogens is 2. The van der Waals surface area contributed by atoms with Gasteiger partial charge in [0.05, 0.1) is 24.6 Å². The van der Waals surface area contributed by atoms with Gasteiger partial charge < -0.3 is 10.1 Å². The van der Waals surface area contributed by atoms with E-state index in [4.69, 9.17) is 27.9 Å². The van der Waals surface area contributed by atoms with Crippen LogP contribution in [0, 0.1) is 10.1 Å². The standard InChI is InChI=1S/C18H19Cl2N3O4/c1-11(14-6-4-12(19)8-15(14)20)22(2)10-18(24)21-16-7-5-13(27-3)9-17(16)23(25)26/h4-9,11H,10H2,1-3H3,(H,21,24). The van der Waals surface area contributed by atoms with E-state index in [1.807, 2.05) is 6.92 Å². The number of carbonyl (C=O) groups is 1. The summed E-state index contributed by atoms with van der Waals surface area (Å²) in [6.07, 6.45) is 0. The van der Waals surface area contributed by atoms with Crippen molar-refractivity contribution in [3.63, 3.8) is 0 Å². The van der Waals surface area contributed by atoms with Crippen LogP contribution in [-0.4, -0.2) is 36.4 Å². The fourth-order valence-corrected chi connectivity index (χ4v) is 3.09. The average molecular weight is 412 g/mol. The summed E-state index contributed by atoms with van der Waals surface area (Å²) in [4.78, 5) is 24.8. The van der Waals surface area contributed by atoms with Crippen LogP contribution in [0.2, 0.25) is 10.0 Å². The largest absolute Gasteiger partial charge is 0.496 e. The van der Waals surface area contributed by atoms with Crippen LogP contribution in [0.4, 0.5) is 11.4 Å². The number of nitrogens with zero attached hydrogens (tertiary/aromatic N) is 2. The summed E-state index contributed by atoms with van der Waals surface area (Å²) in [6.45, 7) is 1.92. The molecule has 1 atom stereocenters. The fraction of sp³-hybridized carbons (Fsp3) is 0.278. The summed E-state index contributed by atoms with van der Waals surface area (Å²) in [5.41, 5.74) is 0.697. The summed E-state index contributed by atoms with van der Waals surface area (Å²) in [5.74, 6) is -0.0504. The van der Waals surface area contributed by atoms with Gasteiger partial charge in [-0.25, -0.2) is 0 Å². The van der Waals surface area contributed by atoms with Gasteiger partial charge in [-0.3, -0.25) is 19.8 Å². The number of hydrogen-bond donors (Lipinski definition) is 1. The van der Waals surface area contributed by atoms with Crippen molar-refractivity contribution in [3.05, 3.63) is 62.1 Å². The molecule has 0 saturated heterocycles. The van der Waals surface area contributed by atoms with E-state index in [0.717, 1.165) is 5.56 Å². The summed E-state index contributed by atoms with van der Waals surface area (Å²) >= 11 is 12.1. The molecule has 2 rings (SSSR count). The van der Waals surface area contributed by atoms with Gasteiger partial charge >= 0.3 is 0 Å². The number of anilines is 1. The van der Waals surface area contributed by atoms with Crippen molar-refractivity contribution in [3.8, 4) is 5.75 Å². The Morgan fingerprint density at radius 2 is 2.00 bits per heavy atom. The number of likely N-dealkylation sites (N-methyl/N-ethyl adjacent to an activating group) is 1. The summed E-state index contributed by atoms with van der Waals surface area (Å²) < 4.78 is 4.98. The van der Waals surface area contributed by atoms with Gasteiger partial charge in [0, 0.05) is 16.1 Å². The molecule has 0 radical (unpaired) electrons. The number of hydrogen-bond acceptors (Lipinski definition) is 5. The minimum absolute atomic E-state index is 0.0172. The maximum Gasteiger partial charge on any atom is 0.296 e. The lowest BCUT2D eigenvalue weighted by Gasteiger charge is -2.25. The number of nitrogens with one attached hydrogen (secondary N) is 1. The molecule has 2 aromatic carbocycles. The third-order valence-corrected chi connectivity index (χ3v) is 4.70. The van der Waals surface area contributed by atoms with Gasteiger partial charge in [0.25, 0.3) is 5.69 Å². The fourth-order valence-electron chi connectivity index (χ4n) is 2.53. The van der Waals surface area contributed by atoms with Crippen LogP contribution in [-0.2, 0) is 4.79 Å². The molecular weight excluding hydrogens is 393 g/mol. The Bertz CT molecular complexity index is 860. The van der Waals surface area contributed by atoms with Crippen molar-refractivity contribution in [2.75, 3.05) is 26.0 Å². The molecule has 0 spiro atoms. The molecule has 0 aliphatic rings. The Labute approximate surface area is 167 Å². The molecular formula is C18H19Cl2N3O4. The Hall–Kier alpha value is -2.35. The topological polar surface area (TPSA) is 84.7 Å². The highest BCUT2D eigenvalue weighted by atomic mass is 35.5. The lowest BCUT2D eigenvalue weighted by molar-refractivity contribution is -0.384. The van der Waals surface area contributed by atoms with E-state index in [1.54, 1.807) is 36.2 Å². The number of nitro groups is 1. The van der Waals surface area contributed by atoms with E-state index in [2.05, 4.69) is 5.32 Å². The summed E-state index contributed by atoms with van der Waals surface area (Å²) in [6, 6.07) is 9.26. The number of ether oxygens (including phenoxy) is 1. The van der Waals surface area contributed by atoms with E-state index in [9.17, 15) is 14.9 Å². The zero-order valence-electron chi connectivity index (χ0n) is 15.0. The predicted molar refractivity (Wildman–Crippen MR) is 106 cm³/mol. The van der Waals surface area contributed by atoms with E-state index in [1.165, 1.54) is 19.2 Å². The second kappa shape index (κ2) is 9.03. The molecule has 1 unspecified atom stereocenters. The molecule has 1 N–H and O–H groups in total. The molecule has 9 heteroatoms. The predicted octanol–water partition coefficient (Wildman–Crippen LogP) is 4.54. The molecule has 0 aliphatic heterocycles. The van der Waals surface area contributed by atoms with Gasteiger partial charge in [0.15, 0.2) is 0 Å². The van der Waals surface area contributed by atoms with Gasteiger partial charge in [0.1, 0.15) is 11.4 Å². The van der Waals surface area contributed by atoms with Crippen LogP contribution in [0.1, 0.15) is 18.5 Å². The maximum atomic E-state index is 12.4. The quantitative estimate of drug-likeness (QED) is 0.533. The van der Waals surface area contributed by atoms with E-state index >= 15 is 0 Å². The molecule has 0 aromatic heterocycles. The van der Waals surface area contributed by atoms with Crippen LogP contribution in [0.5, 0.6) is 5.75 Å². The van der Waals surface area contributed by atoms with Crippen LogP contribution < -0.4 is 10.1 Å². The first-order chi connectivity index (χ1) is 12.7. The monoisotopic (exact) mass is 411 g/mol. The molecule has 27 heavy (non-hydrogen) atoms. The second-order valence-electron chi connectivity index (χ2n) is 5.95. The number of benzene rings is 2. The molecule has 0 bridgehead atoms. The number of rotatable bonds is 7. The molecule has 0 saturated carbocycles. The lowest BCUT2D eigenvalue weighted by atomic mass is 10.1. The maximum absolute atomic E-state index is 12.4. The van der Waals surface area contributed by atoms with Crippen LogP contribution in [0.15, 0.2) is 36.4 Å². The molecule has 0 aliphatic carbocycles. The molecule has 2 aromatic rings. The first-order valence-corrected chi connectivity index (χ1v) is 8.76. The smallest absolute Gasteiger partial charge is 0.296 e. The van der Waals surface area contributed by atoms with Gasteiger partial charge in [-0.2, -0.15) is 0 Å². The highest BCUT2D eigenvalue weighted by Crippen LogP contribution is 2.30. The Morgan fingerprint density at radius 1 is 1.30 bits per heavy atom. The highest BCUT2D eigenvalue weighted by molar-refractivity contribution is 6.35. The number of amides is 1. The van der Waals surface area contributed by atoms with Crippen molar-refractivity contribution < 1.29 is 14.5 Å². The van der Waals surface area contributed by atoms with Crippen molar-refractivity contribution >= 4 is 40.5 Å². The number of methoxy groups -OCH3 is 1. The zero-order valence-corrected chi connectivity index (χ0v) is 16.5. The van der Waals surface area contributed by atoms with Crippen molar-refractivity contribution in [2.45, 2.75) is 13.0 Å². The van der Waals surface area contributed by atoms with Crippen LogP contribution >= 0.6 is 23.2 Å². The number of carbonyl (C=O) groups excluding carboxylic acids is 1. The normalized spacial score (nSPS) is 11.9. The highest BCUT2D eigenvalue weighted by Gasteiger charge is 2.21. The molecule has 0 heterocycles. The van der Waals surface area contributed by atoms with E-state index in [-0.39, 0.29) is 29.9 Å². The van der Waals surface area contributed by atoms with Crippen LogP contribution in [0.25, 0.3) is 0 Å². The van der Waals surface area contributed by atoms with Gasteiger partial charge in [-0.05, 0) is 43.8 Å². The Balaban J connectivity index is 2.10. The van der Waals surface area contributed by atoms with Gasteiger partial charge in [0.2, 0.25) is 5.91 Å². The first kappa shape index (κ1) is 21.0. The molecule has 7 nitrogen and oxygen atoms in total. The summed E-state index contributed by atoms with van der Waals surface area (Å²) in [5, 5.41) is 14.8. The minimum Gasteiger partial charge on any atom is -0.496 e. The van der Waals surface area contributed by atoms with E-state index in [0.29, 0.717) is 15.8 Å². The zero-order chi connectivity index (χ0) is 20.1. The van der Waals surface area contributed by atoms with Crippen molar-refractivity contribution in [1.29, 1.82) is 0 Å². The number of nitro benzene ring substituents is 1. The molecule has 0 fully saturated rings. The van der Waals surface area contributed by atoms with Crippen molar-refractivity contribution in [2.24, 2.45) is 0 Å². The third kappa shape index (κ3) is 5.32. The SMILES string of the molecule is COc1ccc(NC(=O)CN(C)C(C)c2ccc(Cl)cc2Cl)c([N+](=O)[O-])c1. The molecule has 1 amide bonds. The van der Waals surface area contributed by atoms with Gasteiger partial charge in [-0.15, -0.1) is 0 Å². The van der Waals surface area contributed by atoms with Crippen molar-refractivity contribution in [1.82, 2.24) is 4.90 Å². The molecule has 144 valence electrons. The second-order valence-corrected chi connectivity index (χ2v) is 6.79.